The Bertz CT molecular complexity index is 1330. The minimum Gasteiger partial charge on any atom is -0.334 e. The van der Waals surface area contributed by atoms with Gasteiger partial charge >= 0.3 is 0 Å². The van der Waals surface area contributed by atoms with Gasteiger partial charge in [-0.05, 0) is 49.6 Å². The lowest BCUT2D eigenvalue weighted by Crippen LogP contribution is -2.36. The van der Waals surface area contributed by atoms with Gasteiger partial charge in [0.05, 0.1) is 23.1 Å². The number of aromatic nitrogens is 4. The maximum absolute atomic E-state index is 13.7. The SMILES string of the molecule is CC.N=C(N=CC[C@@H]1CCCN1C(=O)c1nn2c(c1-c1ccccn1)C=CCC=C2)c1ccc(F)cn1. The van der Waals surface area contributed by atoms with Gasteiger partial charge in [0.15, 0.2) is 11.5 Å². The Labute approximate surface area is 215 Å². The molecule has 8 nitrogen and oxygen atoms in total. The summed E-state index contributed by atoms with van der Waals surface area (Å²) in [6.45, 7) is 4.63. The zero-order valence-corrected chi connectivity index (χ0v) is 21.0. The van der Waals surface area contributed by atoms with Crippen LogP contribution in [0, 0.1) is 11.2 Å². The van der Waals surface area contributed by atoms with Gasteiger partial charge in [-0.1, -0.05) is 32.1 Å². The molecule has 0 aliphatic carbocycles. The number of amides is 1. The van der Waals surface area contributed by atoms with Gasteiger partial charge in [0, 0.05) is 37.6 Å². The Balaban J connectivity index is 0.00000156. The molecule has 2 aliphatic rings. The number of hydrogen-bond acceptors (Lipinski definition) is 5. The predicted octanol–water partition coefficient (Wildman–Crippen LogP) is 5.48. The first-order valence-corrected chi connectivity index (χ1v) is 12.5. The van der Waals surface area contributed by atoms with Crippen LogP contribution in [-0.4, -0.2) is 55.2 Å². The van der Waals surface area contributed by atoms with Crippen molar-refractivity contribution in [1.29, 1.82) is 5.41 Å². The number of fused-ring (bicyclic) bond motifs is 1. The summed E-state index contributed by atoms with van der Waals surface area (Å²) in [5, 5.41) is 12.7. The highest BCUT2D eigenvalue weighted by atomic mass is 19.1. The second kappa shape index (κ2) is 12.1. The van der Waals surface area contributed by atoms with E-state index in [1.165, 1.54) is 12.1 Å². The molecule has 0 radical (unpaired) electrons. The minimum absolute atomic E-state index is 0.0465. The molecule has 5 heterocycles. The van der Waals surface area contributed by atoms with Gasteiger partial charge < -0.3 is 4.90 Å². The third-order valence-electron chi connectivity index (χ3n) is 6.07. The molecule has 190 valence electrons. The maximum atomic E-state index is 13.7. The summed E-state index contributed by atoms with van der Waals surface area (Å²) in [5.41, 5.74) is 2.93. The first kappa shape index (κ1) is 25.8. The molecule has 1 amide bonds. The lowest BCUT2D eigenvalue weighted by Gasteiger charge is -2.23. The minimum atomic E-state index is -0.460. The molecule has 3 aromatic rings. The second-order valence-electron chi connectivity index (χ2n) is 8.34. The molecule has 0 spiro atoms. The molecule has 1 fully saturated rings. The molecule has 3 aromatic heterocycles. The van der Waals surface area contributed by atoms with Gasteiger partial charge in [0.1, 0.15) is 11.5 Å². The Morgan fingerprint density at radius 1 is 1.22 bits per heavy atom. The third-order valence-corrected chi connectivity index (χ3v) is 6.07. The molecule has 0 unspecified atom stereocenters. The van der Waals surface area contributed by atoms with E-state index in [9.17, 15) is 9.18 Å². The van der Waals surface area contributed by atoms with Crippen molar-refractivity contribution < 1.29 is 9.18 Å². The largest absolute Gasteiger partial charge is 0.334 e. The van der Waals surface area contributed by atoms with Crippen LogP contribution < -0.4 is 0 Å². The molecule has 0 aromatic carbocycles. The maximum Gasteiger partial charge on any atom is 0.275 e. The summed E-state index contributed by atoms with van der Waals surface area (Å²) >= 11 is 0. The van der Waals surface area contributed by atoms with E-state index >= 15 is 0 Å². The number of likely N-dealkylation sites (tertiary alicyclic amines) is 1. The molecule has 9 heteroatoms. The van der Waals surface area contributed by atoms with Crippen LogP contribution in [0.1, 0.15) is 61.4 Å². The van der Waals surface area contributed by atoms with Crippen molar-refractivity contribution in [2.24, 2.45) is 4.99 Å². The predicted molar refractivity (Wildman–Crippen MR) is 144 cm³/mol. The summed E-state index contributed by atoms with van der Waals surface area (Å²) in [6, 6.07) is 8.25. The number of aliphatic imine (C=N–C) groups is 1. The third kappa shape index (κ3) is 5.77. The fourth-order valence-corrected chi connectivity index (χ4v) is 4.38. The van der Waals surface area contributed by atoms with Crippen molar-refractivity contribution in [2.75, 3.05) is 6.54 Å². The van der Waals surface area contributed by atoms with Gasteiger partial charge in [-0.15, -0.1) is 0 Å². The molecule has 0 bridgehead atoms. The number of nitrogens with zero attached hydrogens (tertiary/aromatic N) is 6. The molecule has 37 heavy (non-hydrogen) atoms. The van der Waals surface area contributed by atoms with Crippen molar-refractivity contribution in [2.45, 2.75) is 45.6 Å². The highest BCUT2D eigenvalue weighted by molar-refractivity contribution is 6.01. The second-order valence-corrected chi connectivity index (χ2v) is 8.34. The van der Waals surface area contributed by atoms with Crippen molar-refractivity contribution in [3.8, 4) is 11.3 Å². The first-order valence-electron chi connectivity index (χ1n) is 12.5. The average Bonchev–Trinajstić information content (AvgIpc) is 3.48. The average molecular weight is 500 g/mol. The van der Waals surface area contributed by atoms with E-state index in [1.54, 1.807) is 17.1 Å². The molecular formula is C28H30FN7O. The van der Waals surface area contributed by atoms with E-state index in [0.717, 1.165) is 36.7 Å². The highest BCUT2D eigenvalue weighted by Crippen LogP contribution is 2.31. The standard InChI is InChI=1S/C26H24FN7O.C2H6/c27-18-10-11-21(31-17-18)25(28)30-14-12-19-7-6-15-33(19)26(35)24-23(20-8-3-4-13-29-20)22-9-2-1-5-16-34(22)32-24;1-2/h2-5,8-11,13-14,16-17,19,28H,1,6-7,12,15H2;1-2H3/t19-;/m0./s1. The van der Waals surface area contributed by atoms with Crippen LogP contribution in [0.4, 0.5) is 4.39 Å². The van der Waals surface area contributed by atoms with Gasteiger partial charge in [-0.3, -0.25) is 15.2 Å². The van der Waals surface area contributed by atoms with E-state index < -0.39 is 5.82 Å². The topological polar surface area (TPSA) is 100 Å². The van der Waals surface area contributed by atoms with Crippen LogP contribution in [0.15, 0.2) is 59.9 Å². The number of nitrogens with one attached hydrogen (secondary N) is 1. The van der Waals surface area contributed by atoms with Gasteiger partial charge in [-0.2, -0.15) is 5.10 Å². The van der Waals surface area contributed by atoms with E-state index in [4.69, 9.17) is 5.41 Å². The van der Waals surface area contributed by atoms with E-state index in [0.29, 0.717) is 30.0 Å². The number of pyridine rings is 2. The summed E-state index contributed by atoms with van der Waals surface area (Å²) in [5.74, 6) is -0.646. The number of carbonyl (C=O) groups excluding carboxylic acids is 1. The van der Waals surface area contributed by atoms with Gasteiger partial charge in [-0.25, -0.2) is 19.0 Å². The number of amidine groups is 1. The monoisotopic (exact) mass is 499 g/mol. The molecular weight excluding hydrogens is 469 g/mol. The molecule has 2 aliphatic heterocycles. The van der Waals surface area contributed by atoms with Crippen LogP contribution in [0.5, 0.6) is 0 Å². The number of carbonyl (C=O) groups is 1. The van der Waals surface area contributed by atoms with Crippen molar-refractivity contribution in [1.82, 2.24) is 24.6 Å². The summed E-state index contributed by atoms with van der Waals surface area (Å²) in [7, 11) is 0. The fraction of sp³-hybridized carbons (Fsp3) is 0.286. The smallest absolute Gasteiger partial charge is 0.275 e. The lowest BCUT2D eigenvalue weighted by atomic mass is 10.1. The lowest BCUT2D eigenvalue weighted by molar-refractivity contribution is 0.0735. The molecule has 0 saturated carbocycles. The summed E-state index contributed by atoms with van der Waals surface area (Å²) in [6.07, 6.45) is 15.3. The number of hydrogen-bond donors (Lipinski definition) is 1. The molecule has 1 saturated heterocycles. The van der Waals surface area contributed by atoms with Crippen molar-refractivity contribution in [3.63, 3.8) is 0 Å². The highest BCUT2D eigenvalue weighted by Gasteiger charge is 2.33. The molecule has 5 rings (SSSR count). The van der Waals surface area contributed by atoms with Crippen LogP contribution in [0.3, 0.4) is 0 Å². The zero-order valence-electron chi connectivity index (χ0n) is 21.0. The normalized spacial score (nSPS) is 16.3. The molecule has 1 N–H and O–H groups in total. The first-order chi connectivity index (χ1) is 18.1. The quantitative estimate of drug-likeness (QED) is 0.371. The van der Waals surface area contributed by atoms with E-state index in [-0.39, 0.29) is 17.8 Å². The van der Waals surface area contributed by atoms with Crippen LogP contribution >= 0.6 is 0 Å². The number of allylic oxidation sites excluding steroid dienone is 2. The Morgan fingerprint density at radius 3 is 2.84 bits per heavy atom. The van der Waals surface area contributed by atoms with E-state index in [1.807, 2.05) is 61.4 Å². The van der Waals surface area contributed by atoms with Crippen molar-refractivity contribution in [3.05, 3.63) is 77.8 Å². The van der Waals surface area contributed by atoms with Crippen LogP contribution in [-0.2, 0) is 0 Å². The fourth-order valence-electron chi connectivity index (χ4n) is 4.38. The number of rotatable bonds is 5. The van der Waals surface area contributed by atoms with Crippen LogP contribution in [0.2, 0.25) is 0 Å². The number of halogens is 1. The Kier molecular flexibility index (Phi) is 8.45. The summed E-state index contributed by atoms with van der Waals surface area (Å²) in [4.78, 5) is 28.1. The Hall–Kier alpha value is -4.27. The van der Waals surface area contributed by atoms with Crippen LogP contribution in [0.25, 0.3) is 23.5 Å². The van der Waals surface area contributed by atoms with Gasteiger partial charge in [0.25, 0.3) is 5.91 Å². The zero-order chi connectivity index (χ0) is 26.2. The van der Waals surface area contributed by atoms with E-state index in [2.05, 4.69) is 20.1 Å². The van der Waals surface area contributed by atoms with Crippen molar-refractivity contribution >= 4 is 30.2 Å². The summed E-state index contributed by atoms with van der Waals surface area (Å²) < 4.78 is 14.8. The van der Waals surface area contributed by atoms with Gasteiger partial charge in [0.2, 0.25) is 0 Å². The Morgan fingerprint density at radius 2 is 2.08 bits per heavy atom. The molecule has 1 atom stereocenters.